The summed E-state index contributed by atoms with van der Waals surface area (Å²) in [7, 11) is 0. The van der Waals surface area contributed by atoms with Crippen molar-refractivity contribution in [3.05, 3.63) is 85.1 Å². The fraction of sp³-hybridized carbons (Fsp3) is 0.417. The minimum Gasteiger partial charge on any atom is -0.100 e. The Morgan fingerprint density at radius 1 is 0.583 bits per heavy atom. The third-order valence-electron chi connectivity index (χ3n) is 3.33. The molecule has 0 saturated heterocycles. The lowest BCUT2D eigenvalue weighted by Gasteiger charge is -1.91. The molecular formula is C24H36. The van der Waals surface area contributed by atoms with Gasteiger partial charge in [0.05, 0.1) is 0 Å². The van der Waals surface area contributed by atoms with E-state index in [0.717, 1.165) is 51.4 Å². The molecule has 0 nitrogen and oxygen atoms in total. The highest BCUT2D eigenvalue weighted by Crippen LogP contribution is 2.02. The molecule has 0 amide bonds. The van der Waals surface area contributed by atoms with E-state index in [-0.39, 0.29) is 0 Å². The van der Waals surface area contributed by atoms with Crippen molar-refractivity contribution in [1.82, 2.24) is 0 Å². The first kappa shape index (κ1) is 22.2. The lowest BCUT2D eigenvalue weighted by molar-refractivity contribution is 0.979. The summed E-state index contributed by atoms with van der Waals surface area (Å²) < 4.78 is 0. The number of rotatable bonds is 14. The second-order valence-corrected chi connectivity index (χ2v) is 5.91. The second-order valence-electron chi connectivity index (χ2n) is 5.91. The van der Waals surface area contributed by atoms with Crippen molar-refractivity contribution < 1.29 is 0 Å². The normalized spacial score (nSPS) is 13.1. The van der Waals surface area contributed by atoms with E-state index in [9.17, 15) is 0 Å². The first-order chi connectivity index (χ1) is 11.8. The lowest BCUT2D eigenvalue weighted by atomic mass is 10.2. The molecule has 0 aliphatic carbocycles. The van der Waals surface area contributed by atoms with Crippen LogP contribution in [-0.2, 0) is 0 Å². The maximum absolute atomic E-state index is 3.91. The van der Waals surface area contributed by atoms with Crippen LogP contribution in [0.1, 0.15) is 65.2 Å². The van der Waals surface area contributed by atoms with Crippen LogP contribution in [0.2, 0.25) is 0 Å². The molecule has 0 saturated carbocycles. The van der Waals surface area contributed by atoms with Crippen LogP contribution >= 0.6 is 0 Å². The molecule has 0 radical (unpaired) electrons. The standard InChI is InChI=1S/C24H36/c1-4-5-6-7-8-9-10-11-12-13-14-15-16-17-18-19-20-21-22-23-24(2)3/h5-6,8-9,11-12,14-15,17-18,20-21H,2,4,7,10,13,16,19,22-23H2,1,3H3/b6-5-,9-8-,12-11-,15-14-,18-17-,21-20-. The van der Waals surface area contributed by atoms with Crippen LogP contribution in [0.5, 0.6) is 0 Å². The zero-order valence-electron chi connectivity index (χ0n) is 15.8. The van der Waals surface area contributed by atoms with Gasteiger partial charge in [0.2, 0.25) is 0 Å². The van der Waals surface area contributed by atoms with Crippen LogP contribution in [0.4, 0.5) is 0 Å². The summed E-state index contributed by atoms with van der Waals surface area (Å²) in [6.07, 6.45) is 35.3. The van der Waals surface area contributed by atoms with Gasteiger partial charge in [-0.25, -0.2) is 0 Å². The van der Waals surface area contributed by atoms with Gasteiger partial charge in [-0.15, -0.1) is 6.58 Å². The van der Waals surface area contributed by atoms with Gasteiger partial charge in [-0.3, -0.25) is 0 Å². The van der Waals surface area contributed by atoms with Gasteiger partial charge in [0, 0.05) is 0 Å². The van der Waals surface area contributed by atoms with Gasteiger partial charge >= 0.3 is 0 Å². The highest BCUT2D eigenvalue weighted by molar-refractivity contribution is 5.02. The predicted octanol–water partition coefficient (Wildman–Crippen LogP) is 8.04. The average molecular weight is 325 g/mol. The van der Waals surface area contributed by atoms with Gasteiger partial charge < -0.3 is 0 Å². The summed E-state index contributed by atoms with van der Waals surface area (Å²) in [5.74, 6) is 0. The summed E-state index contributed by atoms with van der Waals surface area (Å²) in [6.45, 7) is 8.15. The highest BCUT2D eigenvalue weighted by atomic mass is 13.9. The fourth-order valence-corrected chi connectivity index (χ4v) is 1.97. The van der Waals surface area contributed by atoms with Crippen molar-refractivity contribution in [1.29, 1.82) is 0 Å². The molecule has 132 valence electrons. The number of hydrogen-bond donors (Lipinski definition) is 0. The Morgan fingerprint density at radius 3 is 1.25 bits per heavy atom. The summed E-state index contributed by atoms with van der Waals surface area (Å²) >= 11 is 0. The largest absolute Gasteiger partial charge is 0.100 e. The van der Waals surface area contributed by atoms with E-state index in [2.05, 4.69) is 93.3 Å². The summed E-state index contributed by atoms with van der Waals surface area (Å²) in [5.41, 5.74) is 1.26. The molecular weight excluding hydrogens is 288 g/mol. The summed E-state index contributed by atoms with van der Waals surface area (Å²) in [5, 5.41) is 0. The highest BCUT2D eigenvalue weighted by Gasteiger charge is 1.81. The van der Waals surface area contributed by atoms with E-state index in [4.69, 9.17) is 0 Å². The predicted molar refractivity (Wildman–Crippen MR) is 112 cm³/mol. The van der Waals surface area contributed by atoms with Gasteiger partial charge in [0.15, 0.2) is 0 Å². The van der Waals surface area contributed by atoms with Crippen LogP contribution in [-0.4, -0.2) is 0 Å². The quantitative estimate of drug-likeness (QED) is 0.284. The van der Waals surface area contributed by atoms with Crippen LogP contribution < -0.4 is 0 Å². The molecule has 0 atom stereocenters. The van der Waals surface area contributed by atoms with Gasteiger partial charge in [-0.05, 0) is 58.3 Å². The lowest BCUT2D eigenvalue weighted by Crippen LogP contribution is -1.71. The molecule has 0 aromatic carbocycles. The minimum atomic E-state index is 1.02. The van der Waals surface area contributed by atoms with Crippen molar-refractivity contribution in [3.8, 4) is 0 Å². The summed E-state index contributed by atoms with van der Waals surface area (Å²) in [4.78, 5) is 0. The molecule has 0 aliphatic heterocycles. The Balaban J connectivity index is 3.51. The number of hydrogen-bond acceptors (Lipinski definition) is 0. The van der Waals surface area contributed by atoms with Crippen molar-refractivity contribution in [2.75, 3.05) is 0 Å². The molecule has 0 rings (SSSR count). The third kappa shape index (κ3) is 20.2. The minimum absolute atomic E-state index is 1.02. The van der Waals surface area contributed by atoms with Crippen molar-refractivity contribution in [2.24, 2.45) is 0 Å². The molecule has 0 N–H and O–H groups in total. The van der Waals surface area contributed by atoms with Crippen LogP contribution in [0, 0.1) is 0 Å². The zero-order chi connectivity index (χ0) is 17.7. The topological polar surface area (TPSA) is 0 Å². The third-order valence-corrected chi connectivity index (χ3v) is 3.33. The number of allylic oxidation sites excluding steroid dienone is 13. The van der Waals surface area contributed by atoms with Gasteiger partial charge in [-0.2, -0.15) is 0 Å². The molecule has 0 aliphatic rings. The van der Waals surface area contributed by atoms with Crippen LogP contribution in [0.25, 0.3) is 0 Å². The second kappa shape index (κ2) is 19.2. The van der Waals surface area contributed by atoms with E-state index in [1.807, 2.05) is 0 Å². The molecule has 24 heavy (non-hydrogen) atoms. The van der Waals surface area contributed by atoms with Crippen molar-refractivity contribution >= 4 is 0 Å². The molecule has 0 aromatic heterocycles. The van der Waals surface area contributed by atoms with E-state index in [1.54, 1.807) is 0 Å². The van der Waals surface area contributed by atoms with Gasteiger partial charge in [0.1, 0.15) is 0 Å². The van der Waals surface area contributed by atoms with Gasteiger partial charge in [0.25, 0.3) is 0 Å². The van der Waals surface area contributed by atoms with E-state index in [0.29, 0.717) is 0 Å². The molecule has 0 unspecified atom stereocenters. The van der Waals surface area contributed by atoms with E-state index >= 15 is 0 Å². The maximum atomic E-state index is 3.91. The first-order valence-electron chi connectivity index (χ1n) is 9.31. The Hall–Kier alpha value is -1.82. The molecule has 0 fully saturated rings. The fourth-order valence-electron chi connectivity index (χ4n) is 1.97. The SMILES string of the molecule is C=C(C)CC/C=C\C/C=C\C/C=C\C/C=C\C/C=C\C/C=C\CC. The van der Waals surface area contributed by atoms with Crippen molar-refractivity contribution in [3.63, 3.8) is 0 Å². The zero-order valence-corrected chi connectivity index (χ0v) is 15.8. The maximum Gasteiger partial charge on any atom is -0.0169 e. The monoisotopic (exact) mass is 324 g/mol. The van der Waals surface area contributed by atoms with Crippen LogP contribution in [0.3, 0.4) is 0 Å². The van der Waals surface area contributed by atoms with Crippen molar-refractivity contribution in [2.45, 2.75) is 65.2 Å². The molecule has 0 aromatic rings. The molecule has 0 spiro atoms. The summed E-state index contributed by atoms with van der Waals surface area (Å²) in [6, 6.07) is 0. The molecule has 0 heterocycles. The van der Waals surface area contributed by atoms with E-state index < -0.39 is 0 Å². The Morgan fingerprint density at radius 2 is 0.917 bits per heavy atom. The molecule has 0 heteroatoms. The van der Waals surface area contributed by atoms with Gasteiger partial charge in [-0.1, -0.05) is 85.4 Å². The Bertz CT molecular complexity index is 452. The Labute approximate surface area is 150 Å². The average Bonchev–Trinajstić information content (AvgIpc) is 2.56. The smallest absolute Gasteiger partial charge is 0.0169 e. The molecule has 0 bridgehead atoms. The first-order valence-corrected chi connectivity index (χ1v) is 9.31. The van der Waals surface area contributed by atoms with Crippen LogP contribution in [0.15, 0.2) is 85.1 Å². The van der Waals surface area contributed by atoms with E-state index in [1.165, 1.54) is 5.57 Å². The Kier molecular flexibility index (Phi) is 17.8.